The highest BCUT2D eigenvalue weighted by molar-refractivity contribution is 6.24. The van der Waals surface area contributed by atoms with Crippen LogP contribution in [0.2, 0.25) is 0 Å². The number of ketones is 2. The molecule has 0 fully saturated rings. The summed E-state index contributed by atoms with van der Waals surface area (Å²) >= 11 is 0. The lowest BCUT2D eigenvalue weighted by atomic mass is 9.82. The number of amides is 1. The first-order valence-electron chi connectivity index (χ1n) is 8.11. The van der Waals surface area contributed by atoms with E-state index >= 15 is 0 Å². The monoisotopic (exact) mass is 336 g/mol. The Balaban J connectivity index is 2.75. The summed E-state index contributed by atoms with van der Waals surface area (Å²) in [4.78, 5) is 38.5. The number of Topliss-reactive ketones (excluding diaryl/α,β-unsaturated/α-hetero) is 2. The highest BCUT2D eigenvalue weighted by Crippen LogP contribution is 2.28. The van der Waals surface area contributed by atoms with Gasteiger partial charge >= 0.3 is 0 Å². The van der Waals surface area contributed by atoms with Gasteiger partial charge < -0.3 is 15.3 Å². The molecular weight excluding hydrogens is 308 g/mol. The van der Waals surface area contributed by atoms with Gasteiger partial charge in [0.2, 0.25) is 0 Å². The van der Waals surface area contributed by atoms with E-state index in [1.54, 1.807) is 20.8 Å². The van der Waals surface area contributed by atoms with Gasteiger partial charge in [0.05, 0.1) is 0 Å². The number of carbonyl (C=O) groups is 3. The molecule has 1 unspecified atom stereocenters. The molecule has 0 spiro atoms. The Morgan fingerprint density at radius 1 is 1.08 bits per heavy atom. The lowest BCUT2D eigenvalue weighted by molar-refractivity contribution is -0.138. The standard InChI is InChI=1S/C18H28N2O4/c1-11-12(2)16(22)14(13(3)15(11)21)7-8-18(4,24)17(23)19-9-10-20(5)6/h24H,7-10H2,1-6H3,(H,19,23). The first-order valence-corrected chi connectivity index (χ1v) is 8.11. The van der Waals surface area contributed by atoms with Crippen molar-refractivity contribution in [3.63, 3.8) is 0 Å². The van der Waals surface area contributed by atoms with Crippen LogP contribution < -0.4 is 5.32 Å². The molecule has 0 aromatic rings. The molecule has 0 aromatic carbocycles. The van der Waals surface area contributed by atoms with Gasteiger partial charge in [0.25, 0.3) is 5.91 Å². The molecule has 1 rings (SSSR count). The SMILES string of the molecule is CC1=C(C)C(=O)C(CCC(C)(O)C(=O)NCCN(C)C)=C(C)C1=O. The summed E-state index contributed by atoms with van der Waals surface area (Å²) in [5.41, 5.74) is 0.119. The van der Waals surface area contributed by atoms with Crippen LogP contribution in [0.25, 0.3) is 0 Å². The van der Waals surface area contributed by atoms with Gasteiger partial charge in [-0.1, -0.05) is 0 Å². The number of rotatable bonds is 7. The van der Waals surface area contributed by atoms with Gasteiger partial charge in [-0.2, -0.15) is 0 Å². The van der Waals surface area contributed by atoms with Gasteiger partial charge in [-0.25, -0.2) is 0 Å². The second-order valence-electron chi connectivity index (χ2n) is 6.84. The molecule has 1 aliphatic rings. The number of hydrogen-bond donors (Lipinski definition) is 2. The molecule has 2 N–H and O–H groups in total. The summed E-state index contributed by atoms with van der Waals surface area (Å²) in [7, 11) is 3.78. The average molecular weight is 336 g/mol. The minimum Gasteiger partial charge on any atom is -0.380 e. The van der Waals surface area contributed by atoms with Gasteiger partial charge in [-0.3, -0.25) is 14.4 Å². The van der Waals surface area contributed by atoms with Crippen molar-refractivity contribution in [2.45, 2.75) is 46.1 Å². The number of allylic oxidation sites excluding steroid dienone is 4. The molecule has 6 nitrogen and oxygen atoms in total. The van der Waals surface area contributed by atoms with Crippen molar-refractivity contribution in [1.82, 2.24) is 10.2 Å². The average Bonchev–Trinajstić information content (AvgIpc) is 2.50. The van der Waals surface area contributed by atoms with Crippen LogP contribution in [0.1, 0.15) is 40.5 Å². The molecule has 0 heterocycles. The van der Waals surface area contributed by atoms with Crippen molar-refractivity contribution in [2.24, 2.45) is 0 Å². The zero-order valence-corrected chi connectivity index (χ0v) is 15.4. The lowest BCUT2D eigenvalue weighted by Crippen LogP contribution is -2.46. The minimum absolute atomic E-state index is 0.0822. The molecule has 0 radical (unpaired) electrons. The lowest BCUT2D eigenvalue weighted by Gasteiger charge is -2.25. The molecular formula is C18H28N2O4. The van der Waals surface area contributed by atoms with E-state index in [0.29, 0.717) is 35.4 Å². The number of aliphatic hydroxyl groups is 1. The predicted octanol–water partition coefficient (Wildman–Crippen LogP) is 1.00. The normalized spacial score (nSPS) is 18.3. The van der Waals surface area contributed by atoms with Crippen molar-refractivity contribution >= 4 is 17.5 Å². The smallest absolute Gasteiger partial charge is 0.251 e. The van der Waals surface area contributed by atoms with Crippen molar-refractivity contribution in [1.29, 1.82) is 0 Å². The Kier molecular flexibility index (Phi) is 6.63. The molecule has 1 atom stereocenters. The molecule has 1 aliphatic carbocycles. The van der Waals surface area contributed by atoms with Gasteiger partial charge in [-0.05, 0) is 54.6 Å². The quantitative estimate of drug-likeness (QED) is 0.677. The van der Waals surface area contributed by atoms with Crippen molar-refractivity contribution < 1.29 is 19.5 Å². The fraction of sp³-hybridized carbons (Fsp3) is 0.611. The Morgan fingerprint density at radius 3 is 2.17 bits per heavy atom. The summed E-state index contributed by atoms with van der Waals surface area (Å²) in [6, 6.07) is 0. The van der Waals surface area contributed by atoms with Gasteiger partial charge in [0, 0.05) is 35.4 Å². The molecule has 1 amide bonds. The van der Waals surface area contributed by atoms with Crippen molar-refractivity contribution in [3.05, 3.63) is 22.3 Å². The number of nitrogens with one attached hydrogen (secondary N) is 1. The molecule has 0 aromatic heterocycles. The minimum atomic E-state index is -1.59. The van der Waals surface area contributed by atoms with E-state index in [9.17, 15) is 19.5 Å². The second-order valence-corrected chi connectivity index (χ2v) is 6.84. The highest BCUT2D eigenvalue weighted by Gasteiger charge is 2.33. The topological polar surface area (TPSA) is 86.7 Å². The third-order valence-corrected chi connectivity index (χ3v) is 4.51. The third-order valence-electron chi connectivity index (χ3n) is 4.51. The third kappa shape index (κ3) is 4.61. The fourth-order valence-electron chi connectivity index (χ4n) is 2.52. The molecule has 0 bridgehead atoms. The summed E-state index contributed by atoms with van der Waals surface area (Å²) in [5.74, 6) is -0.786. The van der Waals surface area contributed by atoms with Gasteiger partial charge in [0.1, 0.15) is 5.60 Å². The first-order chi connectivity index (χ1) is 11.0. The van der Waals surface area contributed by atoms with E-state index < -0.39 is 11.5 Å². The zero-order valence-electron chi connectivity index (χ0n) is 15.4. The van der Waals surface area contributed by atoms with Crippen LogP contribution in [0.5, 0.6) is 0 Å². The maximum atomic E-state index is 12.4. The first kappa shape index (κ1) is 20.3. The zero-order chi connectivity index (χ0) is 18.7. The summed E-state index contributed by atoms with van der Waals surface area (Å²) < 4.78 is 0. The van der Waals surface area contributed by atoms with E-state index in [2.05, 4.69) is 5.32 Å². The summed E-state index contributed by atoms with van der Waals surface area (Å²) in [6.07, 6.45) is 0.272. The number of hydrogen-bond acceptors (Lipinski definition) is 5. The van der Waals surface area contributed by atoms with Crippen molar-refractivity contribution in [2.75, 3.05) is 27.2 Å². The Labute approximate surface area is 143 Å². The number of nitrogens with zero attached hydrogens (tertiary/aromatic N) is 1. The number of carbonyl (C=O) groups excluding carboxylic acids is 3. The van der Waals surface area contributed by atoms with Crippen LogP contribution >= 0.6 is 0 Å². The van der Waals surface area contributed by atoms with E-state index in [0.717, 1.165) is 0 Å². The maximum Gasteiger partial charge on any atom is 0.251 e. The van der Waals surface area contributed by atoms with Gasteiger partial charge in [-0.15, -0.1) is 0 Å². The number of likely N-dealkylation sites (N-methyl/N-ethyl adjacent to an activating group) is 1. The largest absolute Gasteiger partial charge is 0.380 e. The Hall–Kier alpha value is -1.79. The van der Waals surface area contributed by atoms with E-state index in [-0.39, 0.29) is 24.4 Å². The Bertz CT molecular complexity index is 613. The van der Waals surface area contributed by atoms with Crippen LogP contribution in [0.3, 0.4) is 0 Å². The highest BCUT2D eigenvalue weighted by atomic mass is 16.3. The maximum absolute atomic E-state index is 12.4. The van der Waals surface area contributed by atoms with E-state index in [1.807, 2.05) is 19.0 Å². The van der Waals surface area contributed by atoms with Crippen LogP contribution in [0.4, 0.5) is 0 Å². The molecule has 0 aliphatic heterocycles. The van der Waals surface area contributed by atoms with Gasteiger partial charge in [0.15, 0.2) is 11.6 Å². The Morgan fingerprint density at radius 2 is 1.62 bits per heavy atom. The summed E-state index contributed by atoms with van der Waals surface area (Å²) in [6.45, 7) is 7.43. The van der Waals surface area contributed by atoms with Crippen molar-refractivity contribution in [3.8, 4) is 0 Å². The molecule has 6 heteroatoms. The second kappa shape index (κ2) is 7.85. The molecule has 0 saturated carbocycles. The van der Waals surface area contributed by atoms with Crippen LogP contribution in [0, 0.1) is 0 Å². The molecule has 24 heavy (non-hydrogen) atoms. The van der Waals surface area contributed by atoms with E-state index in [1.165, 1.54) is 6.92 Å². The van der Waals surface area contributed by atoms with Crippen LogP contribution in [-0.4, -0.2) is 60.3 Å². The van der Waals surface area contributed by atoms with E-state index in [4.69, 9.17) is 0 Å². The van der Waals surface area contributed by atoms with Crippen LogP contribution in [-0.2, 0) is 14.4 Å². The predicted molar refractivity (Wildman–Crippen MR) is 92.5 cm³/mol. The fourth-order valence-corrected chi connectivity index (χ4v) is 2.52. The molecule has 134 valence electrons. The van der Waals surface area contributed by atoms with Crippen LogP contribution in [0.15, 0.2) is 22.3 Å². The summed E-state index contributed by atoms with van der Waals surface area (Å²) in [5, 5.41) is 13.1. The molecule has 0 saturated heterocycles.